The van der Waals surface area contributed by atoms with Gasteiger partial charge in [-0.25, -0.2) is 4.79 Å². The number of ether oxygens (including phenoxy) is 2. The fourth-order valence-electron chi connectivity index (χ4n) is 3.93. The van der Waals surface area contributed by atoms with Crippen molar-refractivity contribution in [1.29, 1.82) is 5.26 Å². The third-order valence-electron chi connectivity index (χ3n) is 5.80. The van der Waals surface area contributed by atoms with E-state index in [4.69, 9.17) is 13.7 Å². The predicted molar refractivity (Wildman–Crippen MR) is 83.3 cm³/mol. The molecule has 0 aromatic rings. The molecular weight excluding hydrogens is 350 g/mol. The van der Waals surface area contributed by atoms with Gasteiger partial charge in [0.2, 0.25) is 0 Å². The molecule has 0 radical (unpaired) electrons. The quantitative estimate of drug-likeness (QED) is 0.516. The van der Waals surface area contributed by atoms with Crippen LogP contribution < -0.4 is 0 Å². The Morgan fingerprint density at radius 1 is 1.40 bits per heavy atom. The van der Waals surface area contributed by atoms with Crippen LogP contribution in [0.25, 0.3) is 0 Å². The molecule has 5 unspecified atom stereocenters. The van der Waals surface area contributed by atoms with Gasteiger partial charge in [-0.15, -0.1) is 0 Å². The van der Waals surface area contributed by atoms with Crippen molar-refractivity contribution in [2.75, 3.05) is 6.61 Å². The van der Waals surface area contributed by atoms with Crippen LogP contribution >= 0.6 is 0 Å². The molecule has 0 aromatic heterocycles. The van der Waals surface area contributed by atoms with Crippen molar-refractivity contribution in [1.82, 2.24) is 0 Å². The minimum absolute atomic E-state index is 0.105. The summed E-state index contributed by atoms with van der Waals surface area (Å²) >= 11 is 0. The summed E-state index contributed by atoms with van der Waals surface area (Å²) in [6.45, 7) is 4.75. The normalized spacial score (nSPS) is 37.5. The van der Waals surface area contributed by atoms with E-state index in [1.807, 2.05) is 13.0 Å². The van der Waals surface area contributed by atoms with Crippen LogP contribution in [0.1, 0.15) is 40.0 Å². The van der Waals surface area contributed by atoms with Crippen LogP contribution in [0.5, 0.6) is 0 Å². The van der Waals surface area contributed by atoms with E-state index in [2.05, 4.69) is 0 Å². The maximum Gasteiger partial charge on any atom is 0.344 e. The molecule has 8 nitrogen and oxygen atoms in total. The minimum Gasteiger partial charge on any atom is -0.457 e. The minimum atomic E-state index is -4.00. The Kier molecular flexibility index (Phi) is 4.12. The summed E-state index contributed by atoms with van der Waals surface area (Å²) < 4.78 is 38.2. The van der Waals surface area contributed by atoms with Crippen molar-refractivity contribution in [3.63, 3.8) is 0 Å². The zero-order valence-electron chi connectivity index (χ0n) is 14.4. The number of nitriles is 1. The van der Waals surface area contributed by atoms with E-state index in [-0.39, 0.29) is 12.3 Å². The second kappa shape index (κ2) is 5.68. The molecule has 1 aliphatic heterocycles. The number of fused-ring (bicyclic) bond motifs is 1. The molecule has 2 aliphatic carbocycles. The summed E-state index contributed by atoms with van der Waals surface area (Å²) in [5.41, 5.74) is -0.693. The van der Waals surface area contributed by atoms with Gasteiger partial charge in [-0.3, -0.25) is 8.98 Å². The summed E-state index contributed by atoms with van der Waals surface area (Å²) in [4.78, 5) is 23.9. The first-order valence-corrected chi connectivity index (χ1v) is 9.69. The van der Waals surface area contributed by atoms with Crippen LogP contribution in [0.15, 0.2) is 0 Å². The maximum absolute atomic E-state index is 12.2. The summed E-state index contributed by atoms with van der Waals surface area (Å²) in [5, 5.41) is 9.34. The van der Waals surface area contributed by atoms with Gasteiger partial charge in [0, 0.05) is 11.8 Å². The van der Waals surface area contributed by atoms with E-state index < -0.39 is 57.0 Å². The molecule has 9 heteroatoms. The Balaban J connectivity index is 1.62. The van der Waals surface area contributed by atoms with E-state index in [1.165, 1.54) is 0 Å². The summed E-state index contributed by atoms with van der Waals surface area (Å²) in [6.07, 6.45) is -0.410. The maximum atomic E-state index is 12.2. The average molecular weight is 371 g/mol. The van der Waals surface area contributed by atoms with Gasteiger partial charge in [-0.1, -0.05) is 6.92 Å². The fraction of sp³-hybridized carbons (Fsp3) is 0.812. The largest absolute Gasteiger partial charge is 0.457 e. The van der Waals surface area contributed by atoms with Crippen LogP contribution in [0.4, 0.5) is 0 Å². The number of rotatable bonds is 5. The average Bonchev–Trinajstić information content (AvgIpc) is 3.13. The number of hydrogen-bond acceptors (Lipinski definition) is 8. The van der Waals surface area contributed by atoms with Gasteiger partial charge in [0.1, 0.15) is 12.2 Å². The molecular formula is C16H21NO7S. The summed E-state index contributed by atoms with van der Waals surface area (Å²) in [6, 6.07) is 1.90. The molecule has 3 rings (SSSR count). The molecule has 25 heavy (non-hydrogen) atoms. The molecule has 1 heterocycles. The molecule has 0 aromatic carbocycles. The van der Waals surface area contributed by atoms with Gasteiger partial charge < -0.3 is 9.47 Å². The lowest BCUT2D eigenvalue weighted by atomic mass is 9.85. The lowest BCUT2D eigenvalue weighted by Gasteiger charge is -2.27. The monoisotopic (exact) mass is 371 g/mol. The molecule has 2 bridgehead atoms. The Hall–Kier alpha value is -1.66. The van der Waals surface area contributed by atoms with Crippen molar-refractivity contribution in [3.8, 4) is 6.07 Å². The van der Waals surface area contributed by atoms with E-state index in [9.17, 15) is 23.3 Å². The number of carbonyl (C=O) groups is 2. The third-order valence-corrected chi connectivity index (χ3v) is 7.73. The summed E-state index contributed by atoms with van der Waals surface area (Å²) in [5.74, 6) is -1.96. The van der Waals surface area contributed by atoms with Crippen molar-refractivity contribution in [2.45, 2.75) is 57.0 Å². The van der Waals surface area contributed by atoms with Gasteiger partial charge in [-0.05, 0) is 33.1 Å². The highest BCUT2D eigenvalue weighted by Crippen LogP contribution is 2.61. The molecule has 3 aliphatic rings. The molecule has 0 spiro atoms. The molecule has 138 valence electrons. The molecule has 0 amide bonds. The lowest BCUT2D eigenvalue weighted by molar-refractivity contribution is -0.171. The van der Waals surface area contributed by atoms with Crippen LogP contribution in [-0.4, -0.2) is 43.9 Å². The Bertz CT molecular complexity index is 753. The highest BCUT2D eigenvalue weighted by atomic mass is 32.2. The van der Waals surface area contributed by atoms with E-state index in [0.29, 0.717) is 12.8 Å². The van der Waals surface area contributed by atoms with Crippen molar-refractivity contribution >= 4 is 22.1 Å². The first-order chi connectivity index (χ1) is 11.6. The van der Waals surface area contributed by atoms with E-state index in [0.717, 1.165) is 0 Å². The highest BCUT2D eigenvalue weighted by molar-refractivity contribution is 7.88. The van der Waals surface area contributed by atoms with Crippen molar-refractivity contribution in [2.24, 2.45) is 17.3 Å². The van der Waals surface area contributed by atoms with Crippen LogP contribution in [0.2, 0.25) is 0 Å². The highest BCUT2D eigenvalue weighted by Gasteiger charge is 2.74. The van der Waals surface area contributed by atoms with Gasteiger partial charge in [-0.2, -0.15) is 13.7 Å². The zero-order chi connectivity index (χ0) is 18.6. The van der Waals surface area contributed by atoms with E-state index >= 15 is 0 Å². The van der Waals surface area contributed by atoms with E-state index in [1.54, 1.807) is 13.8 Å². The molecule has 1 saturated heterocycles. The number of hydrogen-bond donors (Lipinski definition) is 0. The third kappa shape index (κ3) is 2.54. The molecule has 0 N–H and O–H groups in total. The molecule has 5 atom stereocenters. The van der Waals surface area contributed by atoms with Crippen molar-refractivity contribution in [3.05, 3.63) is 0 Å². The van der Waals surface area contributed by atoms with Crippen molar-refractivity contribution < 1.29 is 31.7 Å². The zero-order valence-corrected chi connectivity index (χ0v) is 15.2. The molecule has 2 saturated carbocycles. The number of carbonyl (C=O) groups excluding carboxylic acids is 2. The molecule has 3 fully saturated rings. The first kappa shape index (κ1) is 18.1. The standard InChI is InChI=1S/C16H21NO7S/c1-4-15(2,3)14(19)22-7-11(18)23-12-9-5-10-13(12)24-25(20,21)16(10,6-9)8-17/h9-10,12-13H,4-7H2,1-3H3. The fourth-order valence-corrected chi connectivity index (χ4v) is 5.77. The lowest BCUT2D eigenvalue weighted by Crippen LogP contribution is -2.44. The number of nitrogens with zero attached hydrogens (tertiary/aromatic N) is 1. The first-order valence-electron chi connectivity index (χ1n) is 8.29. The van der Waals surface area contributed by atoms with Crippen LogP contribution in [-0.2, 0) is 33.4 Å². The topological polar surface area (TPSA) is 120 Å². The van der Waals surface area contributed by atoms with Gasteiger partial charge >= 0.3 is 11.9 Å². The second-order valence-corrected chi connectivity index (χ2v) is 9.42. The predicted octanol–water partition coefficient (Wildman–Crippen LogP) is 0.908. The Morgan fingerprint density at radius 2 is 2.08 bits per heavy atom. The number of esters is 2. The smallest absolute Gasteiger partial charge is 0.344 e. The Labute approximate surface area is 146 Å². The van der Waals surface area contributed by atoms with Crippen LogP contribution in [0.3, 0.4) is 0 Å². The van der Waals surface area contributed by atoms with Gasteiger partial charge in [0.05, 0.1) is 11.5 Å². The second-order valence-electron chi connectivity index (χ2n) is 7.59. The van der Waals surface area contributed by atoms with Crippen LogP contribution in [0, 0.1) is 28.6 Å². The summed E-state index contributed by atoms with van der Waals surface area (Å²) in [7, 11) is -4.00. The SMILES string of the molecule is CCC(C)(C)C(=O)OCC(=O)OC1C2CC3C1OS(=O)(=O)C3(C#N)C2. The van der Waals surface area contributed by atoms with Gasteiger partial charge in [0.15, 0.2) is 11.4 Å². The Morgan fingerprint density at radius 3 is 2.68 bits per heavy atom. The van der Waals surface area contributed by atoms with Gasteiger partial charge in [0.25, 0.3) is 10.1 Å².